The van der Waals surface area contributed by atoms with Crippen molar-refractivity contribution >= 4 is 33.0 Å². The van der Waals surface area contributed by atoms with Gasteiger partial charge in [0.1, 0.15) is 18.2 Å². The lowest BCUT2D eigenvalue weighted by Gasteiger charge is -2.10. The Kier molecular flexibility index (Phi) is 7.07. The van der Waals surface area contributed by atoms with Gasteiger partial charge in [-0.1, -0.05) is 29.8 Å². The van der Waals surface area contributed by atoms with Crippen LogP contribution in [0.5, 0.6) is 5.75 Å². The summed E-state index contributed by atoms with van der Waals surface area (Å²) in [7, 11) is -3.59. The van der Waals surface area contributed by atoms with Gasteiger partial charge < -0.3 is 10.1 Å². The molecule has 0 aliphatic heterocycles. The van der Waals surface area contributed by atoms with Gasteiger partial charge in [0.15, 0.2) is 9.84 Å². The van der Waals surface area contributed by atoms with Crippen LogP contribution in [0.2, 0.25) is 5.02 Å². The van der Waals surface area contributed by atoms with Crippen LogP contribution in [0.25, 0.3) is 0 Å². The first-order valence-electron chi connectivity index (χ1n) is 9.07. The molecule has 0 saturated heterocycles. The number of ether oxygens (including phenoxy) is 1. The normalized spacial score (nSPS) is 11.1. The Labute approximate surface area is 179 Å². The fraction of sp³-hybridized carbons (Fsp3) is 0.136. The van der Waals surface area contributed by atoms with Gasteiger partial charge >= 0.3 is 0 Å². The number of carbonyl (C=O) groups excluding carboxylic acids is 1. The van der Waals surface area contributed by atoms with Crippen LogP contribution in [-0.2, 0) is 21.2 Å². The second kappa shape index (κ2) is 9.73. The zero-order chi connectivity index (χ0) is 21.6. The molecule has 3 aromatic carbocycles. The highest BCUT2D eigenvalue weighted by molar-refractivity contribution is 7.91. The van der Waals surface area contributed by atoms with E-state index < -0.39 is 15.7 Å². The van der Waals surface area contributed by atoms with Gasteiger partial charge in [-0.2, -0.15) is 0 Å². The Bertz CT molecular complexity index is 1120. The molecule has 0 bridgehead atoms. The van der Waals surface area contributed by atoms with Crippen LogP contribution in [-0.4, -0.2) is 20.1 Å². The molecule has 0 fully saturated rings. The molecule has 1 N–H and O–H groups in total. The zero-order valence-electron chi connectivity index (χ0n) is 15.8. The Hall–Kier alpha value is -2.90. The van der Waals surface area contributed by atoms with Crippen LogP contribution in [0.3, 0.4) is 0 Å². The van der Waals surface area contributed by atoms with E-state index in [0.29, 0.717) is 16.5 Å². The molecule has 0 saturated carbocycles. The molecular formula is C22H19ClFNO4S. The highest BCUT2D eigenvalue weighted by atomic mass is 35.5. The summed E-state index contributed by atoms with van der Waals surface area (Å²) in [4.78, 5) is 12.3. The van der Waals surface area contributed by atoms with E-state index in [1.54, 1.807) is 36.4 Å². The average molecular weight is 448 g/mol. The fourth-order valence-corrected chi connectivity index (χ4v) is 3.99. The molecule has 0 aliphatic rings. The second-order valence-corrected chi connectivity index (χ2v) is 9.06. The summed E-state index contributed by atoms with van der Waals surface area (Å²) in [6.07, 6.45) is -0.189. The highest BCUT2D eigenvalue weighted by Gasteiger charge is 2.16. The molecule has 30 heavy (non-hydrogen) atoms. The van der Waals surface area contributed by atoms with Crippen molar-refractivity contribution in [2.75, 3.05) is 11.1 Å². The largest absolute Gasteiger partial charge is 0.489 e. The SMILES string of the molecule is O=C(CCS(=O)(=O)c1ccc(Cl)cc1)Nc1cccc(OCc2ccc(F)cc2)c1. The Morgan fingerprint density at radius 1 is 1.00 bits per heavy atom. The van der Waals surface area contributed by atoms with Crippen molar-refractivity contribution < 1.29 is 22.3 Å². The number of anilines is 1. The average Bonchev–Trinajstić information content (AvgIpc) is 2.73. The predicted octanol–water partition coefficient (Wildman–Crippen LogP) is 4.86. The topological polar surface area (TPSA) is 72.5 Å². The number of rotatable bonds is 8. The molecule has 0 aliphatic carbocycles. The quantitative estimate of drug-likeness (QED) is 0.535. The molecule has 1 amide bonds. The first-order chi connectivity index (χ1) is 14.3. The van der Waals surface area contributed by atoms with Crippen molar-refractivity contribution in [1.29, 1.82) is 0 Å². The molecule has 0 radical (unpaired) electrons. The van der Waals surface area contributed by atoms with Gasteiger partial charge in [0.05, 0.1) is 10.6 Å². The number of hydrogen-bond donors (Lipinski definition) is 1. The summed E-state index contributed by atoms with van der Waals surface area (Å²) in [5.41, 5.74) is 1.29. The first kappa shape index (κ1) is 21.8. The number of halogens is 2. The third kappa shape index (κ3) is 6.30. The van der Waals surface area contributed by atoms with Gasteiger partial charge in [0, 0.05) is 23.2 Å². The van der Waals surface area contributed by atoms with Crippen LogP contribution in [0, 0.1) is 5.82 Å². The Balaban J connectivity index is 1.54. The smallest absolute Gasteiger partial charge is 0.225 e. The van der Waals surface area contributed by atoms with Crippen molar-refractivity contribution in [2.45, 2.75) is 17.9 Å². The molecule has 0 unspecified atom stereocenters. The van der Waals surface area contributed by atoms with Crippen LogP contribution in [0.4, 0.5) is 10.1 Å². The third-order valence-corrected chi connectivity index (χ3v) is 6.19. The number of amides is 1. The molecule has 0 heterocycles. The summed E-state index contributed by atoms with van der Waals surface area (Å²) in [5.74, 6) is -0.544. The van der Waals surface area contributed by atoms with Crippen LogP contribution in [0.15, 0.2) is 77.7 Å². The Morgan fingerprint density at radius 2 is 1.70 bits per heavy atom. The maximum absolute atomic E-state index is 12.9. The van der Waals surface area contributed by atoms with E-state index in [1.165, 1.54) is 36.4 Å². The van der Waals surface area contributed by atoms with Crippen LogP contribution >= 0.6 is 11.6 Å². The molecule has 156 valence electrons. The van der Waals surface area contributed by atoms with Gasteiger partial charge in [-0.25, -0.2) is 12.8 Å². The molecule has 8 heteroatoms. The number of carbonyl (C=O) groups is 1. The van der Waals surface area contributed by atoms with E-state index in [4.69, 9.17) is 16.3 Å². The lowest BCUT2D eigenvalue weighted by atomic mass is 10.2. The summed E-state index contributed by atoms with van der Waals surface area (Å²) in [6.45, 7) is 0.247. The lowest BCUT2D eigenvalue weighted by Crippen LogP contribution is -2.17. The first-order valence-corrected chi connectivity index (χ1v) is 11.1. The molecule has 3 rings (SSSR count). The number of hydrogen-bond acceptors (Lipinski definition) is 4. The van der Waals surface area contributed by atoms with E-state index in [-0.39, 0.29) is 29.5 Å². The van der Waals surface area contributed by atoms with E-state index in [1.807, 2.05) is 0 Å². The van der Waals surface area contributed by atoms with Crippen LogP contribution < -0.4 is 10.1 Å². The number of nitrogens with one attached hydrogen (secondary N) is 1. The molecule has 0 spiro atoms. The molecule has 0 aromatic heterocycles. The fourth-order valence-electron chi connectivity index (χ4n) is 2.62. The minimum atomic E-state index is -3.59. The van der Waals surface area contributed by atoms with E-state index in [2.05, 4.69) is 5.32 Å². The Morgan fingerprint density at radius 3 is 2.40 bits per heavy atom. The lowest BCUT2D eigenvalue weighted by molar-refractivity contribution is -0.115. The summed E-state index contributed by atoms with van der Waals surface area (Å²) < 4.78 is 43.3. The highest BCUT2D eigenvalue weighted by Crippen LogP contribution is 2.20. The molecule has 3 aromatic rings. The summed E-state index contributed by atoms with van der Waals surface area (Å²) in [6, 6.07) is 18.5. The van der Waals surface area contributed by atoms with Crippen molar-refractivity contribution in [1.82, 2.24) is 0 Å². The number of sulfone groups is 1. The zero-order valence-corrected chi connectivity index (χ0v) is 17.4. The maximum Gasteiger partial charge on any atom is 0.225 e. The minimum absolute atomic E-state index is 0.121. The van der Waals surface area contributed by atoms with E-state index in [9.17, 15) is 17.6 Å². The maximum atomic E-state index is 12.9. The van der Waals surface area contributed by atoms with Gasteiger partial charge in [0.2, 0.25) is 5.91 Å². The molecule has 5 nitrogen and oxygen atoms in total. The van der Waals surface area contributed by atoms with Gasteiger partial charge in [-0.05, 0) is 54.1 Å². The van der Waals surface area contributed by atoms with Crippen molar-refractivity contribution in [3.05, 3.63) is 89.2 Å². The van der Waals surface area contributed by atoms with Gasteiger partial charge in [-0.15, -0.1) is 0 Å². The van der Waals surface area contributed by atoms with Gasteiger partial charge in [0.25, 0.3) is 0 Å². The third-order valence-electron chi connectivity index (χ3n) is 4.21. The number of benzene rings is 3. The standard InChI is InChI=1S/C22H19ClFNO4S/c23-17-6-10-21(11-7-17)30(27,28)13-12-22(26)25-19-2-1-3-20(14-19)29-15-16-4-8-18(24)9-5-16/h1-11,14H,12-13,15H2,(H,25,26). The monoisotopic (exact) mass is 447 g/mol. The van der Waals surface area contributed by atoms with E-state index >= 15 is 0 Å². The van der Waals surface area contributed by atoms with Crippen molar-refractivity contribution in [3.63, 3.8) is 0 Å². The van der Waals surface area contributed by atoms with Gasteiger partial charge in [-0.3, -0.25) is 4.79 Å². The second-order valence-electron chi connectivity index (χ2n) is 6.51. The summed E-state index contributed by atoms with van der Waals surface area (Å²) in [5, 5.41) is 3.11. The molecule has 0 atom stereocenters. The summed E-state index contributed by atoms with van der Waals surface area (Å²) >= 11 is 5.77. The predicted molar refractivity (Wildman–Crippen MR) is 114 cm³/mol. The van der Waals surface area contributed by atoms with Crippen molar-refractivity contribution in [2.24, 2.45) is 0 Å². The van der Waals surface area contributed by atoms with E-state index in [0.717, 1.165) is 5.56 Å². The molecular weight excluding hydrogens is 429 g/mol. The van der Waals surface area contributed by atoms with Crippen LogP contribution in [0.1, 0.15) is 12.0 Å². The minimum Gasteiger partial charge on any atom is -0.489 e. The van der Waals surface area contributed by atoms with Crippen molar-refractivity contribution in [3.8, 4) is 5.75 Å².